The number of carbonyl (C=O) groups is 1. The molecule has 0 bridgehead atoms. The Morgan fingerprint density at radius 1 is 1.41 bits per heavy atom. The first kappa shape index (κ1) is 14.0. The molecular formula is C11H10BrF3O2. The summed E-state index contributed by atoms with van der Waals surface area (Å²) in [6, 6.07) is 3.88. The minimum atomic E-state index is -4.42. The van der Waals surface area contributed by atoms with Crippen molar-refractivity contribution in [2.75, 3.05) is 7.11 Å². The number of hydrogen-bond acceptors (Lipinski definition) is 2. The predicted octanol–water partition coefficient (Wildman–Crippen LogP) is 3.57. The van der Waals surface area contributed by atoms with Crippen molar-refractivity contribution in [3.63, 3.8) is 0 Å². The van der Waals surface area contributed by atoms with Gasteiger partial charge in [-0.15, -0.1) is 0 Å². The van der Waals surface area contributed by atoms with Crippen LogP contribution in [-0.2, 0) is 22.1 Å². The number of rotatable bonds is 3. The normalized spacial score (nSPS) is 11.4. The molecule has 0 aromatic heterocycles. The van der Waals surface area contributed by atoms with E-state index in [0.717, 1.165) is 6.07 Å². The average Bonchev–Trinajstić information content (AvgIpc) is 2.25. The molecule has 0 aliphatic heterocycles. The minimum absolute atomic E-state index is 0.00873. The van der Waals surface area contributed by atoms with E-state index in [-0.39, 0.29) is 18.4 Å². The van der Waals surface area contributed by atoms with Gasteiger partial charge >= 0.3 is 12.1 Å². The highest BCUT2D eigenvalue weighted by atomic mass is 79.9. The molecule has 0 spiro atoms. The van der Waals surface area contributed by atoms with Gasteiger partial charge < -0.3 is 4.74 Å². The minimum Gasteiger partial charge on any atom is -0.469 e. The van der Waals surface area contributed by atoms with Crippen molar-refractivity contribution in [3.05, 3.63) is 33.8 Å². The highest BCUT2D eigenvalue weighted by Crippen LogP contribution is 2.34. The summed E-state index contributed by atoms with van der Waals surface area (Å²) in [6.45, 7) is 0. The van der Waals surface area contributed by atoms with Gasteiger partial charge in [-0.05, 0) is 24.1 Å². The number of ether oxygens (including phenoxy) is 1. The molecule has 0 heterocycles. The Balaban J connectivity index is 2.95. The number of hydrogen-bond donors (Lipinski definition) is 0. The molecule has 0 radical (unpaired) electrons. The fraction of sp³-hybridized carbons (Fsp3) is 0.364. The molecule has 17 heavy (non-hydrogen) atoms. The van der Waals surface area contributed by atoms with Crippen LogP contribution < -0.4 is 0 Å². The molecule has 0 atom stereocenters. The maximum Gasteiger partial charge on any atom is 0.416 e. The summed E-state index contributed by atoms with van der Waals surface area (Å²) in [5, 5.41) is 0. The molecule has 0 saturated carbocycles. The van der Waals surface area contributed by atoms with Crippen LogP contribution in [0.25, 0.3) is 0 Å². The summed E-state index contributed by atoms with van der Waals surface area (Å²) in [6.07, 6.45) is -4.48. The molecule has 1 aromatic rings. The number of benzene rings is 1. The Morgan fingerprint density at radius 3 is 2.59 bits per heavy atom. The lowest BCUT2D eigenvalue weighted by Gasteiger charge is -2.12. The molecule has 0 amide bonds. The number of aryl methyl sites for hydroxylation is 1. The largest absolute Gasteiger partial charge is 0.469 e. The summed E-state index contributed by atoms with van der Waals surface area (Å²) in [7, 11) is 1.20. The van der Waals surface area contributed by atoms with Crippen molar-refractivity contribution in [1.29, 1.82) is 0 Å². The standard InChI is InChI=1S/C11H10BrF3O2/c1-17-10(16)5-3-7-2-4-8(12)6-9(7)11(13,14)15/h2,4,6H,3,5H2,1H3. The maximum absolute atomic E-state index is 12.7. The van der Waals surface area contributed by atoms with E-state index in [9.17, 15) is 18.0 Å². The second kappa shape index (κ2) is 5.53. The van der Waals surface area contributed by atoms with Crippen LogP contribution in [0, 0.1) is 0 Å². The Morgan fingerprint density at radius 2 is 2.06 bits per heavy atom. The summed E-state index contributed by atoms with van der Waals surface area (Å²) < 4.78 is 42.8. The summed E-state index contributed by atoms with van der Waals surface area (Å²) in [5.74, 6) is -0.527. The third-order valence-corrected chi connectivity index (χ3v) is 2.70. The molecule has 0 fully saturated rings. The Kier molecular flexibility index (Phi) is 4.56. The molecule has 0 N–H and O–H groups in total. The van der Waals surface area contributed by atoms with Crippen LogP contribution in [0.2, 0.25) is 0 Å². The summed E-state index contributed by atoms with van der Waals surface area (Å²) >= 11 is 2.99. The lowest BCUT2D eigenvalue weighted by molar-refractivity contribution is -0.142. The van der Waals surface area contributed by atoms with Gasteiger partial charge in [-0.1, -0.05) is 22.0 Å². The van der Waals surface area contributed by atoms with Gasteiger partial charge in [0.2, 0.25) is 0 Å². The van der Waals surface area contributed by atoms with Crippen LogP contribution in [0.1, 0.15) is 17.5 Å². The molecule has 2 nitrogen and oxygen atoms in total. The van der Waals surface area contributed by atoms with Crippen LogP contribution in [0.4, 0.5) is 13.2 Å². The van der Waals surface area contributed by atoms with Gasteiger partial charge in [-0.3, -0.25) is 4.79 Å². The molecule has 0 unspecified atom stereocenters. The molecule has 6 heteroatoms. The third-order valence-electron chi connectivity index (χ3n) is 2.20. The van der Waals surface area contributed by atoms with E-state index < -0.39 is 17.7 Å². The average molecular weight is 311 g/mol. The quantitative estimate of drug-likeness (QED) is 0.798. The number of esters is 1. The van der Waals surface area contributed by atoms with Crippen molar-refractivity contribution in [1.82, 2.24) is 0 Å². The number of methoxy groups -OCH3 is 1. The van der Waals surface area contributed by atoms with Gasteiger partial charge in [-0.2, -0.15) is 13.2 Å². The zero-order valence-electron chi connectivity index (χ0n) is 8.97. The predicted molar refractivity (Wildman–Crippen MR) is 59.5 cm³/mol. The highest BCUT2D eigenvalue weighted by Gasteiger charge is 2.33. The topological polar surface area (TPSA) is 26.3 Å². The molecule has 0 saturated heterocycles. The zero-order chi connectivity index (χ0) is 13.1. The van der Waals surface area contributed by atoms with Gasteiger partial charge in [-0.25, -0.2) is 0 Å². The molecular weight excluding hydrogens is 301 g/mol. The SMILES string of the molecule is COC(=O)CCc1ccc(Br)cc1C(F)(F)F. The first-order valence-corrected chi connectivity index (χ1v) is 5.56. The maximum atomic E-state index is 12.7. The van der Waals surface area contributed by atoms with Crippen molar-refractivity contribution >= 4 is 21.9 Å². The van der Waals surface area contributed by atoms with Crippen molar-refractivity contribution < 1.29 is 22.7 Å². The highest BCUT2D eigenvalue weighted by molar-refractivity contribution is 9.10. The van der Waals surface area contributed by atoms with Crippen LogP contribution in [-0.4, -0.2) is 13.1 Å². The molecule has 94 valence electrons. The Bertz CT molecular complexity index is 416. The second-order valence-electron chi connectivity index (χ2n) is 3.38. The van der Waals surface area contributed by atoms with Gasteiger partial charge in [0.1, 0.15) is 0 Å². The lowest BCUT2D eigenvalue weighted by atomic mass is 10.0. The van der Waals surface area contributed by atoms with E-state index in [1.54, 1.807) is 0 Å². The Labute approximate surface area is 105 Å². The van der Waals surface area contributed by atoms with Gasteiger partial charge in [0.25, 0.3) is 0 Å². The molecule has 0 aliphatic carbocycles. The fourth-order valence-corrected chi connectivity index (χ4v) is 1.73. The smallest absolute Gasteiger partial charge is 0.416 e. The molecule has 1 aromatic carbocycles. The molecule has 0 aliphatic rings. The third kappa shape index (κ3) is 4.03. The van der Waals surface area contributed by atoms with Crippen molar-refractivity contribution in [2.24, 2.45) is 0 Å². The number of carbonyl (C=O) groups excluding carboxylic acids is 1. The van der Waals surface area contributed by atoms with Crippen LogP contribution >= 0.6 is 15.9 Å². The summed E-state index contributed by atoms with van der Waals surface area (Å²) in [4.78, 5) is 10.9. The van der Waals surface area contributed by atoms with E-state index in [2.05, 4.69) is 20.7 Å². The number of halogens is 4. The Hall–Kier alpha value is -1.04. The van der Waals surface area contributed by atoms with Crippen LogP contribution in [0.15, 0.2) is 22.7 Å². The van der Waals surface area contributed by atoms with E-state index in [0.29, 0.717) is 4.47 Å². The van der Waals surface area contributed by atoms with Gasteiger partial charge in [0.05, 0.1) is 12.7 Å². The van der Waals surface area contributed by atoms with Gasteiger partial charge in [0, 0.05) is 10.9 Å². The van der Waals surface area contributed by atoms with Crippen LogP contribution in [0.5, 0.6) is 0 Å². The second-order valence-corrected chi connectivity index (χ2v) is 4.29. The van der Waals surface area contributed by atoms with Crippen LogP contribution in [0.3, 0.4) is 0 Å². The first-order valence-electron chi connectivity index (χ1n) is 4.77. The van der Waals surface area contributed by atoms with E-state index in [4.69, 9.17) is 0 Å². The summed E-state index contributed by atoms with van der Waals surface area (Å²) in [5.41, 5.74) is -0.637. The first-order chi connectivity index (χ1) is 7.84. The zero-order valence-corrected chi connectivity index (χ0v) is 10.6. The lowest BCUT2D eigenvalue weighted by Crippen LogP contribution is -2.11. The van der Waals surface area contributed by atoms with E-state index in [1.165, 1.54) is 19.2 Å². The van der Waals surface area contributed by atoms with E-state index in [1.807, 2.05) is 0 Å². The monoisotopic (exact) mass is 310 g/mol. The fourth-order valence-electron chi connectivity index (χ4n) is 1.37. The van der Waals surface area contributed by atoms with Crippen molar-refractivity contribution in [3.8, 4) is 0 Å². The van der Waals surface area contributed by atoms with E-state index >= 15 is 0 Å². The van der Waals surface area contributed by atoms with Crippen molar-refractivity contribution in [2.45, 2.75) is 19.0 Å². The molecule has 1 rings (SSSR count). The number of alkyl halides is 3. The van der Waals surface area contributed by atoms with Gasteiger partial charge in [0.15, 0.2) is 0 Å².